The Morgan fingerprint density at radius 2 is 1.95 bits per heavy atom. The standard InChI is InChI=1S/C13H19NO5/c1-7-8(2)19-9(3)11(7)12(15)14-10(13(16)17)5-6-18-4/h10H,5-6H2,1-4H3,(H,14,15)(H,16,17). The molecule has 0 bridgehead atoms. The molecule has 6 heteroatoms. The quantitative estimate of drug-likeness (QED) is 0.815. The Hall–Kier alpha value is -1.82. The van der Waals surface area contributed by atoms with Crippen LogP contribution in [-0.2, 0) is 9.53 Å². The number of ether oxygens (including phenoxy) is 1. The van der Waals surface area contributed by atoms with Crippen LogP contribution in [0.5, 0.6) is 0 Å². The van der Waals surface area contributed by atoms with E-state index >= 15 is 0 Å². The Balaban J connectivity index is 2.85. The molecule has 1 aromatic rings. The number of amides is 1. The van der Waals surface area contributed by atoms with E-state index in [1.807, 2.05) is 0 Å². The second-order valence-electron chi connectivity index (χ2n) is 4.36. The summed E-state index contributed by atoms with van der Waals surface area (Å²) in [4.78, 5) is 23.2. The SMILES string of the molecule is COCCC(NC(=O)c1c(C)oc(C)c1C)C(=O)O. The van der Waals surface area contributed by atoms with Gasteiger partial charge in [-0.3, -0.25) is 4.79 Å². The molecule has 1 unspecified atom stereocenters. The maximum Gasteiger partial charge on any atom is 0.326 e. The van der Waals surface area contributed by atoms with E-state index in [-0.39, 0.29) is 13.0 Å². The van der Waals surface area contributed by atoms with Gasteiger partial charge in [-0.05, 0) is 20.8 Å². The zero-order chi connectivity index (χ0) is 14.6. The van der Waals surface area contributed by atoms with Crippen LogP contribution >= 0.6 is 0 Å². The van der Waals surface area contributed by atoms with Gasteiger partial charge >= 0.3 is 5.97 Å². The van der Waals surface area contributed by atoms with E-state index in [2.05, 4.69) is 5.32 Å². The van der Waals surface area contributed by atoms with Crippen LogP contribution in [0, 0.1) is 20.8 Å². The molecular weight excluding hydrogens is 250 g/mol. The highest BCUT2D eigenvalue weighted by Gasteiger charge is 2.24. The van der Waals surface area contributed by atoms with Crippen molar-refractivity contribution in [3.63, 3.8) is 0 Å². The fourth-order valence-electron chi connectivity index (χ4n) is 1.85. The third-order valence-electron chi connectivity index (χ3n) is 3.00. The van der Waals surface area contributed by atoms with Crippen molar-refractivity contribution < 1.29 is 23.8 Å². The Labute approximate surface area is 111 Å². The van der Waals surface area contributed by atoms with Crippen LogP contribution in [0.15, 0.2) is 4.42 Å². The fraction of sp³-hybridized carbons (Fsp3) is 0.538. The summed E-state index contributed by atoms with van der Waals surface area (Å²) in [6.07, 6.45) is 0.215. The minimum absolute atomic E-state index is 0.215. The van der Waals surface area contributed by atoms with E-state index in [1.165, 1.54) is 7.11 Å². The van der Waals surface area contributed by atoms with Crippen LogP contribution in [0.4, 0.5) is 0 Å². The first-order valence-corrected chi connectivity index (χ1v) is 5.97. The van der Waals surface area contributed by atoms with E-state index in [1.54, 1.807) is 20.8 Å². The molecule has 1 amide bonds. The molecule has 0 aliphatic heterocycles. The number of hydrogen-bond acceptors (Lipinski definition) is 4. The molecule has 106 valence electrons. The first kappa shape index (κ1) is 15.2. The van der Waals surface area contributed by atoms with Crippen molar-refractivity contribution in [2.75, 3.05) is 13.7 Å². The van der Waals surface area contributed by atoms with Crippen LogP contribution in [0.2, 0.25) is 0 Å². The van der Waals surface area contributed by atoms with Gasteiger partial charge in [-0.25, -0.2) is 4.79 Å². The monoisotopic (exact) mass is 269 g/mol. The molecule has 2 N–H and O–H groups in total. The van der Waals surface area contributed by atoms with Gasteiger partial charge in [0.2, 0.25) is 0 Å². The number of carboxylic acids is 1. The van der Waals surface area contributed by atoms with Crippen LogP contribution in [0.1, 0.15) is 33.9 Å². The van der Waals surface area contributed by atoms with Gasteiger partial charge in [0.15, 0.2) is 0 Å². The molecule has 0 aromatic carbocycles. The number of aryl methyl sites for hydroxylation is 2. The molecule has 6 nitrogen and oxygen atoms in total. The van der Waals surface area contributed by atoms with Crippen molar-refractivity contribution in [2.24, 2.45) is 0 Å². The number of carbonyl (C=O) groups is 2. The van der Waals surface area contributed by atoms with Crippen molar-refractivity contribution in [2.45, 2.75) is 33.2 Å². The predicted octanol–water partition coefficient (Wildman–Crippen LogP) is 1.42. The second kappa shape index (κ2) is 6.38. The van der Waals surface area contributed by atoms with Crippen molar-refractivity contribution >= 4 is 11.9 Å². The van der Waals surface area contributed by atoms with Crippen molar-refractivity contribution in [1.82, 2.24) is 5.32 Å². The second-order valence-corrected chi connectivity index (χ2v) is 4.36. The van der Waals surface area contributed by atoms with Crippen molar-refractivity contribution in [3.05, 3.63) is 22.6 Å². The summed E-state index contributed by atoms with van der Waals surface area (Å²) in [6.45, 7) is 5.48. The molecule has 0 fully saturated rings. The number of rotatable bonds is 6. The average Bonchev–Trinajstić information content (AvgIpc) is 2.58. The molecule has 19 heavy (non-hydrogen) atoms. The van der Waals surface area contributed by atoms with E-state index in [4.69, 9.17) is 14.3 Å². The molecule has 1 atom stereocenters. The lowest BCUT2D eigenvalue weighted by Gasteiger charge is -2.14. The summed E-state index contributed by atoms with van der Waals surface area (Å²) in [6, 6.07) is -0.971. The summed E-state index contributed by atoms with van der Waals surface area (Å²) in [5.41, 5.74) is 1.13. The number of hydrogen-bond donors (Lipinski definition) is 2. The van der Waals surface area contributed by atoms with Gasteiger partial charge < -0.3 is 19.6 Å². The van der Waals surface area contributed by atoms with Gasteiger partial charge in [0, 0.05) is 25.7 Å². The zero-order valence-corrected chi connectivity index (χ0v) is 11.6. The van der Waals surface area contributed by atoms with E-state index < -0.39 is 17.9 Å². The summed E-state index contributed by atoms with van der Waals surface area (Å²) >= 11 is 0. The fourth-order valence-corrected chi connectivity index (χ4v) is 1.85. The number of aliphatic carboxylic acids is 1. The molecule has 1 aromatic heterocycles. The van der Waals surface area contributed by atoms with Crippen molar-refractivity contribution in [3.8, 4) is 0 Å². The highest BCUT2D eigenvalue weighted by Crippen LogP contribution is 2.20. The summed E-state index contributed by atoms with van der Waals surface area (Å²) in [7, 11) is 1.48. The maximum absolute atomic E-state index is 12.1. The number of carbonyl (C=O) groups excluding carboxylic acids is 1. The first-order chi connectivity index (χ1) is 8.88. The Morgan fingerprint density at radius 1 is 1.32 bits per heavy atom. The van der Waals surface area contributed by atoms with Crippen LogP contribution in [0.25, 0.3) is 0 Å². The third kappa shape index (κ3) is 3.57. The van der Waals surface area contributed by atoms with E-state index in [0.29, 0.717) is 17.1 Å². The first-order valence-electron chi connectivity index (χ1n) is 5.97. The average molecular weight is 269 g/mol. The zero-order valence-electron chi connectivity index (χ0n) is 11.6. The van der Waals surface area contributed by atoms with Crippen LogP contribution < -0.4 is 5.32 Å². The van der Waals surface area contributed by atoms with Gasteiger partial charge in [0.1, 0.15) is 17.6 Å². The van der Waals surface area contributed by atoms with E-state index in [0.717, 1.165) is 5.56 Å². The van der Waals surface area contributed by atoms with Crippen LogP contribution in [0.3, 0.4) is 0 Å². The molecule has 0 saturated heterocycles. The van der Waals surface area contributed by atoms with Gasteiger partial charge in [0.05, 0.1) is 5.56 Å². The maximum atomic E-state index is 12.1. The summed E-state index contributed by atoms with van der Waals surface area (Å²) in [5, 5.41) is 11.5. The summed E-state index contributed by atoms with van der Waals surface area (Å²) < 4.78 is 10.2. The topological polar surface area (TPSA) is 88.8 Å². The highest BCUT2D eigenvalue weighted by atomic mass is 16.5. The molecule has 0 saturated carbocycles. The number of furan rings is 1. The van der Waals surface area contributed by atoms with E-state index in [9.17, 15) is 9.59 Å². The molecule has 1 heterocycles. The van der Waals surface area contributed by atoms with Gasteiger partial charge in [0.25, 0.3) is 5.91 Å². The third-order valence-corrected chi connectivity index (χ3v) is 3.00. The van der Waals surface area contributed by atoms with Crippen LogP contribution in [-0.4, -0.2) is 36.7 Å². The minimum Gasteiger partial charge on any atom is -0.480 e. The smallest absolute Gasteiger partial charge is 0.326 e. The predicted molar refractivity (Wildman–Crippen MR) is 68.3 cm³/mol. The van der Waals surface area contributed by atoms with Crippen molar-refractivity contribution in [1.29, 1.82) is 0 Å². The summed E-state index contributed by atoms with van der Waals surface area (Å²) in [5.74, 6) is -0.369. The van der Waals surface area contributed by atoms with Gasteiger partial charge in [-0.2, -0.15) is 0 Å². The Kier molecular flexibility index (Phi) is 5.11. The number of nitrogens with one attached hydrogen (secondary N) is 1. The largest absolute Gasteiger partial charge is 0.480 e. The number of carboxylic acid groups (broad SMARTS) is 1. The highest BCUT2D eigenvalue weighted by molar-refractivity contribution is 5.98. The normalized spacial score (nSPS) is 12.2. The Morgan fingerprint density at radius 3 is 2.37 bits per heavy atom. The Bertz CT molecular complexity index is 478. The lowest BCUT2D eigenvalue weighted by molar-refractivity contribution is -0.139. The lowest BCUT2D eigenvalue weighted by atomic mass is 10.1. The van der Waals surface area contributed by atoms with Gasteiger partial charge in [-0.1, -0.05) is 0 Å². The number of methoxy groups -OCH3 is 1. The molecule has 1 rings (SSSR count). The molecule has 0 aliphatic rings. The van der Waals surface area contributed by atoms with Gasteiger partial charge in [-0.15, -0.1) is 0 Å². The molecule has 0 spiro atoms. The minimum atomic E-state index is -1.08. The molecule has 0 aliphatic carbocycles. The molecule has 0 radical (unpaired) electrons. The lowest BCUT2D eigenvalue weighted by Crippen LogP contribution is -2.41. The molecular formula is C13H19NO5.